The smallest absolute Gasteiger partial charge is 0.326 e. The number of carboxylic acid groups (broad SMARTS) is 1. The average molecular weight is 332 g/mol. The maximum Gasteiger partial charge on any atom is 0.326 e. The number of carbonyl (C=O) groups excluding carboxylic acids is 3. The zero-order chi connectivity index (χ0) is 17.7. The Hall–Kier alpha value is -2.70. The molecule has 1 aliphatic heterocycles. The molecule has 2 N–H and O–H groups in total. The van der Waals surface area contributed by atoms with Gasteiger partial charge in [-0.05, 0) is 31.4 Å². The number of hydrogen-bond acceptors (Lipinski definition) is 4. The lowest BCUT2D eigenvalue weighted by atomic mass is 10.1. The molecule has 2 rings (SSSR count). The fourth-order valence-corrected chi connectivity index (χ4v) is 2.61. The van der Waals surface area contributed by atoms with Crippen molar-refractivity contribution in [1.82, 2.24) is 10.2 Å². The number of rotatable bonds is 8. The number of carbonyl (C=O) groups is 4. The van der Waals surface area contributed by atoms with Gasteiger partial charge in [0.25, 0.3) is 11.8 Å². The Labute approximate surface area is 139 Å². The maximum absolute atomic E-state index is 12.2. The van der Waals surface area contributed by atoms with Gasteiger partial charge in [-0.2, -0.15) is 0 Å². The second-order valence-electron chi connectivity index (χ2n) is 5.62. The molecule has 1 aromatic rings. The first kappa shape index (κ1) is 17.7. The molecule has 128 valence electrons. The van der Waals surface area contributed by atoms with Crippen LogP contribution in [0.1, 0.15) is 53.3 Å². The quantitative estimate of drug-likeness (QED) is 0.554. The lowest BCUT2D eigenvalue weighted by molar-refractivity contribution is -0.142. The van der Waals surface area contributed by atoms with E-state index in [0.29, 0.717) is 24.0 Å². The Morgan fingerprint density at radius 1 is 1.12 bits per heavy atom. The molecule has 1 unspecified atom stereocenters. The first-order valence-electron chi connectivity index (χ1n) is 7.93. The number of unbranched alkanes of at least 4 members (excludes halogenated alkanes) is 1. The monoisotopic (exact) mass is 332 g/mol. The Balaban J connectivity index is 1.84. The van der Waals surface area contributed by atoms with Crippen LogP contribution < -0.4 is 5.32 Å². The van der Waals surface area contributed by atoms with Crippen molar-refractivity contribution in [2.45, 2.75) is 38.6 Å². The second kappa shape index (κ2) is 7.72. The van der Waals surface area contributed by atoms with E-state index < -0.39 is 12.0 Å². The zero-order valence-corrected chi connectivity index (χ0v) is 13.4. The second-order valence-corrected chi connectivity index (χ2v) is 5.62. The normalized spacial score (nSPS) is 14.5. The van der Waals surface area contributed by atoms with Crippen molar-refractivity contribution in [1.29, 1.82) is 0 Å². The average Bonchev–Trinajstić information content (AvgIpc) is 2.82. The van der Waals surface area contributed by atoms with Gasteiger partial charge in [-0.3, -0.25) is 19.3 Å². The Bertz CT molecular complexity index is 636. The van der Waals surface area contributed by atoms with E-state index in [1.165, 1.54) is 4.90 Å². The predicted octanol–water partition coefficient (Wildman–Crippen LogP) is 1.43. The molecular formula is C17H20N2O5. The van der Waals surface area contributed by atoms with Crippen molar-refractivity contribution >= 4 is 23.7 Å². The summed E-state index contributed by atoms with van der Waals surface area (Å²) < 4.78 is 0. The molecule has 1 atom stereocenters. The zero-order valence-electron chi connectivity index (χ0n) is 13.4. The van der Waals surface area contributed by atoms with E-state index in [-0.39, 0.29) is 37.1 Å². The minimum atomic E-state index is -1.09. The highest BCUT2D eigenvalue weighted by molar-refractivity contribution is 6.21. The Morgan fingerprint density at radius 3 is 2.21 bits per heavy atom. The maximum atomic E-state index is 12.2. The third kappa shape index (κ3) is 3.79. The number of fused-ring (bicyclic) bond motifs is 1. The highest BCUT2D eigenvalue weighted by atomic mass is 16.4. The van der Waals surface area contributed by atoms with Gasteiger partial charge >= 0.3 is 5.97 Å². The number of nitrogens with one attached hydrogen (secondary N) is 1. The van der Waals surface area contributed by atoms with Crippen molar-refractivity contribution in [3.05, 3.63) is 35.4 Å². The molecule has 0 fully saturated rings. The highest BCUT2D eigenvalue weighted by Crippen LogP contribution is 2.22. The van der Waals surface area contributed by atoms with Crippen LogP contribution in [-0.2, 0) is 9.59 Å². The van der Waals surface area contributed by atoms with Crippen molar-refractivity contribution in [2.24, 2.45) is 0 Å². The van der Waals surface area contributed by atoms with Gasteiger partial charge in [-0.1, -0.05) is 19.1 Å². The summed E-state index contributed by atoms with van der Waals surface area (Å²) in [5.74, 6) is -2.03. The van der Waals surface area contributed by atoms with Crippen LogP contribution >= 0.6 is 0 Å². The summed E-state index contributed by atoms with van der Waals surface area (Å²) >= 11 is 0. The first-order chi connectivity index (χ1) is 11.5. The van der Waals surface area contributed by atoms with Crippen LogP contribution in [0.5, 0.6) is 0 Å². The topological polar surface area (TPSA) is 104 Å². The minimum absolute atomic E-state index is 0.221. The largest absolute Gasteiger partial charge is 0.480 e. The lowest BCUT2D eigenvalue weighted by Gasteiger charge is -2.16. The molecule has 7 nitrogen and oxygen atoms in total. The van der Waals surface area contributed by atoms with E-state index in [4.69, 9.17) is 5.11 Å². The van der Waals surface area contributed by atoms with Gasteiger partial charge in [0.05, 0.1) is 11.1 Å². The summed E-state index contributed by atoms with van der Waals surface area (Å²) in [6.45, 7) is 1.89. The Kier molecular flexibility index (Phi) is 5.68. The van der Waals surface area contributed by atoms with E-state index >= 15 is 0 Å². The molecule has 0 spiro atoms. The summed E-state index contributed by atoms with van der Waals surface area (Å²) in [7, 11) is 0. The van der Waals surface area contributed by atoms with E-state index in [2.05, 4.69) is 5.32 Å². The summed E-state index contributed by atoms with van der Waals surface area (Å²) in [6, 6.07) is 5.72. The summed E-state index contributed by atoms with van der Waals surface area (Å²) in [4.78, 5) is 48.0. The number of imide groups is 1. The fraction of sp³-hybridized carbons (Fsp3) is 0.412. The third-order valence-corrected chi connectivity index (χ3v) is 3.96. The van der Waals surface area contributed by atoms with Crippen molar-refractivity contribution in [3.8, 4) is 0 Å². The van der Waals surface area contributed by atoms with Gasteiger partial charge in [-0.25, -0.2) is 4.79 Å². The van der Waals surface area contributed by atoms with E-state index in [0.717, 1.165) is 0 Å². The van der Waals surface area contributed by atoms with Crippen molar-refractivity contribution < 1.29 is 24.3 Å². The summed E-state index contributed by atoms with van der Waals surface area (Å²) in [6.07, 6.45) is 1.44. The molecule has 0 aromatic heterocycles. The van der Waals surface area contributed by atoms with Crippen LogP contribution in [0.2, 0.25) is 0 Å². The van der Waals surface area contributed by atoms with Crippen LogP contribution in [0.3, 0.4) is 0 Å². The highest BCUT2D eigenvalue weighted by Gasteiger charge is 2.34. The molecule has 0 bridgehead atoms. The van der Waals surface area contributed by atoms with Gasteiger partial charge in [-0.15, -0.1) is 0 Å². The number of aliphatic carboxylic acids is 1. The van der Waals surface area contributed by atoms with Crippen LogP contribution in [0.15, 0.2) is 24.3 Å². The van der Waals surface area contributed by atoms with Gasteiger partial charge in [0.2, 0.25) is 5.91 Å². The molecule has 3 amide bonds. The molecular weight excluding hydrogens is 312 g/mol. The predicted molar refractivity (Wildman–Crippen MR) is 85.5 cm³/mol. The van der Waals surface area contributed by atoms with Crippen LogP contribution in [-0.4, -0.2) is 46.3 Å². The third-order valence-electron chi connectivity index (χ3n) is 3.96. The molecule has 0 saturated carbocycles. The minimum Gasteiger partial charge on any atom is -0.480 e. The number of benzene rings is 1. The number of nitrogens with zero attached hydrogens (tertiary/aromatic N) is 1. The van der Waals surface area contributed by atoms with E-state index in [1.54, 1.807) is 31.2 Å². The molecule has 0 aliphatic carbocycles. The van der Waals surface area contributed by atoms with Crippen molar-refractivity contribution in [3.63, 3.8) is 0 Å². The van der Waals surface area contributed by atoms with Gasteiger partial charge in [0, 0.05) is 13.0 Å². The van der Waals surface area contributed by atoms with E-state index in [1.807, 2.05) is 0 Å². The van der Waals surface area contributed by atoms with Crippen molar-refractivity contribution in [2.75, 3.05) is 6.54 Å². The molecule has 1 aliphatic rings. The molecule has 24 heavy (non-hydrogen) atoms. The van der Waals surface area contributed by atoms with Crippen LogP contribution in [0.25, 0.3) is 0 Å². The van der Waals surface area contributed by atoms with Gasteiger partial charge in [0.1, 0.15) is 6.04 Å². The number of carboxylic acids is 1. The molecule has 7 heteroatoms. The van der Waals surface area contributed by atoms with Crippen LogP contribution in [0, 0.1) is 0 Å². The fourth-order valence-electron chi connectivity index (χ4n) is 2.61. The van der Waals surface area contributed by atoms with Gasteiger partial charge in [0.15, 0.2) is 0 Å². The van der Waals surface area contributed by atoms with Gasteiger partial charge < -0.3 is 10.4 Å². The Morgan fingerprint density at radius 2 is 1.71 bits per heavy atom. The number of hydrogen-bond donors (Lipinski definition) is 2. The van der Waals surface area contributed by atoms with E-state index in [9.17, 15) is 19.2 Å². The molecule has 1 aromatic carbocycles. The molecule has 0 saturated heterocycles. The standard InChI is InChI=1S/C17H20N2O5/c1-2-14(20)18-13(17(23)24)9-5-6-10-19-15(21)11-7-3-4-8-12(11)16(19)22/h3-4,7-8,13H,2,5-6,9-10H2,1H3,(H,18,20)(H,23,24). The molecule has 0 radical (unpaired) electrons. The SMILES string of the molecule is CCC(=O)NC(CCCCN1C(=O)c2ccccc2C1=O)C(=O)O. The summed E-state index contributed by atoms with van der Waals surface area (Å²) in [5.41, 5.74) is 0.808. The first-order valence-corrected chi connectivity index (χ1v) is 7.93. The summed E-state index contributed by atoms with van der Waals surface area (Å²) in [5, 5.41) is 11.5. The number of amides is 3. The van der Waals surface area contributed by atoms with Crippen LogP contribution in [0.4, 0.5) is 0 Å². The lowest BCUT2D eigenvalue weighted by Crippen LogP contribution is -2.40. The molecule has 1 heterocycles.